The molecular weight excluding hydrogens is 428 g/mol. The summed E-state index contributed by atoms with van der Waals surface area (Å²) >= 11 is 6.14. The predicted octanol–water partition coefficient (Wildman–Crippen LogP) is 6.62. The van der Waals surface area contributed by atoms with Crippen LogP contribution < -0.4 is 15.5 Å². The first-order valence-electron chi connectivity index (χ1n) is 11.8. The number of pyridine rings is 1. The lowest BCUT2D eigenvalue weighted by atomic mass is 9.90. The molecule has 0 atom stereocenters. The Labute approximate surface area is 201 Å². The Kier molecular flexibility index (Phi) is 6.39. The van der Waals surface area contributed by atoms with Crippen molar-refractivity contribution in [3.05, 3.63) is 77.4 Å². The van der Waals surface area contributed by atoms with Gasteiger partial charge in [0.25, 0.3) is 0 Å². The maximum atomic E-state index is 6.14. The van der Waals surface area contributed by atoms with E-state index in [0.717, 1.165) is 41.0 Å². The second kappa shape index (κ2) is 9.58. The summed E-state index contributed by atoms with van der Waals surface area (Å²) in [5.41, 5.74) is 4.74. The number of hydrogen-bond donors (Lipinski definition) is 2. The molecule has 1 saturated carbocycles. The fraction of sp³-hybridized carbons (Fsp3) is 0.321. The average molecular weight is 459 g/mol. The van der Waals surface area contributed by atoms with E-state index < -0.39 is 0 Å². The smallest absolute Gasteiger partial charge is 0.0737 e. The van der Waals surface area contributed by atoms with Crippen molar-refractivity contribution in [2.24, 2.45) is 0 Å². The third-order valence-electron chi connectivity index (χ3n) is 6.85. The van der Waals surface area contributed by atoms with Crippen molar-refractivity contribution in [2.45, 2.75) is 44.3 Å². The topological polar surface area (TPSA) is 40.2 Å². The Bertz CT molecular complexity index is 1260. The van der Waals surface area contributed by atoms with Crippen molar-refractivity contribution in [3.8, 4) is 0 Å². The van der Waals surface area contributed by atoms with Gasteiger partial charge >= 0.3 is 0 Å². The van der Waals surface area contributed by atoms with Crippen LogP contribution in [-0.4, -0.2) is 31.2 Å². The number of aromatic nitrogens is 1. The van der Waals surface area contributed by atoms with Gasteiger partial charge in [-0.3, -0.25) is 4.98 Å². The first-order chi connectivity index (χ1) is 16.1. The molecule has 1 fully saturated rings. The fourth-order valence-corrected chi connectivity index (χ4v) is 5.22. The number of anilines is 2. The van der Waals surface area contributed by atoms with Crippen molar-refractivity contribution in [1.82, 2.24) is 10.3 Å². The molecular formula is C28H31ClN4. The second-order valence-corrected chi connectivity index (χ2v) is 9.71. The van der Waals surface area contributed by atoms with Crippen LogP contribution in [0.2, 0.25) is 5.02 Å². The van der Waals surface area contributed by atoms with Gasteiger partial charge in [-0.2, -0.15) is 0 Å². The summed E-state index contributed by atoms with van der Waals surface area (Å²) < 4.78 is 0. The molecule has 1 aliphatic carbocycles. The molecule has 170 valence electrons. The van der Waals surface area contributed by atoms with Crippen molar-refractivity contribution >= 4 is 44.7 Å². The standard InChI is InChI=1S/C28H31ClN4/c1-33(2)28-14-7-19(23-5-3-4-6-24(23)28)18-31-21-9-11-22(12-10-21)32-26-15-16-30-27-17-20(29)8-13-25(26)27/h3-8,13-17,21-22,31H,9-12,18H2,1-2H3,(H,30,32). The molecule has 5 rings (SSSR count). The molecule has 33 heavy (non-hydrogen) atoms. The van der Waals surface area contributed by atoms with Crippen LogP contribution in [0.25, 0.3) is 21.7 Å². The molecule has 0 radical (unpaired) electrons. The van der Waals surface area contributed by atoms with Crippen LogP contribution in [-0.2, 0) is 6.54 Å². The molecule has 0 saturated heterocycles. The van der Waals surface area contributed by atoms with Crippen molar-refractivity contribution in [1.29, 1.82) is 0 Å². The highest BCUT2D eigenvalue weighted by Crippen LogP contribution is 2.30. The number of hydrogen-bond acceptors (Lipinski definition) is 4. The largest absolute Gasteiger partial charge is 0.382 e. The molecule has 0 amide bonds. The van der Waals surface area contributed by atoms with Gasteiger partial charge in [0.15, 0.2) is 0 Å². The van der Waals surface area contributed by atoms with Crippen molar-refractivity contribution in [3.63, 3.8) is 0 Å². The number of benzene rings is 3. The van der Waals surface area contributed by atoms with E-state index in [1.165, 1.54) is 34.9 Å². The highest BCUT2D eigenvalue weighted by molar-refractivity contribution is 6.31. The van der Waals surface area contributed by atoms with Crippen LogP contribution in [0, 0.1) is 0 Å². The van der Waals surface area contributed by atoms with E-state index in [1.54, 1.807) is 0 Å². The van der Waals surface area contributed by atoms with E-state index in [1.807, 2.05) is 18.3 Å². The van der Waals surface area contributed by atoms with Gasteiger partial charge < -0.3 is 15.5 Å². The van der Waals surface area contributed by atoms with Crippen LogP contribution in [0.3, 0.4) is 0 Å². The molecule has 3 aromatic carbocycles. The third kappa shape index (κ3) is 4.78. The Hall–Kier alpha value is -2.82. The first kappa shape index (κ1) is 22.0. The van der Waals surface area contributed by atoms with Gasteiger partial charge in [-0.05, 0) is 67.0 Å². The zero-order valence-corrected chi connectivity index (χ0v) is 20.1. The summed E-state index contributed by atoms with van der Waals surface area (Å²) in [5.74, 6) is 0. The summed E-state index contributed by atoms with van der Waals surface area (Å²) in [7, 11) is 4.21. The zero-order valence-electron chi connectivity index (χ0n) is 19.3. The predicted molar refractivity (Wildman–Crippen MR) is 142 cm³/mol. The van der Waals surface area contributed by atoms with E-state index in [-0.39, 0.29) is 0 Å². The molecule has 4 aromatic rings. The third-order valence-corrected chi connectivity index (χ3v) is 7.08. The summed E-state index contributed by atoms with van der Waals surface area (Å²) in [5, 5.41) is 12.1. The Morgan fingerprint density at radius 2 is 1.64 bits per heavy atom. The molecule has 0 aliphatic heterocycles. The monoisotopic (exact) mass is 458 g/mol. The first-order valence-corrected chi connectivity index (χ1v) is 12.2. The number of halogens is 1. The summed E-state index contributed by atoms with van der Waals surface area (Å²) in [6.07, 6.45) is 6.55. The average Bonchev–Trinajstić information content (AvgIpc) is 2.83. The van der Waals surface area contributed by atoms with Crippen LogP contribution >= 0.6 is 11.6 Å². The highest BCUT2D eigenvalue weighted by Gasteiger charge is 2.21. The van der Waals surface area contributed by atoms with Gasteiger partial charge in [0, 0.05) is 66.1 Å². The second-order valence-electron chi connectivity index (χ2n) is 9.28. The fourth-order valence-electron chi connectivity index (χ4n) is 5.05. The quantitative estimate of drug-likeness (QED) is 0.340. The summed E-state index contributed by atoms with van der Waals surface area (Å²) in [6, 6.07) is 22.3. The highest BCUT2D eigenvalue weighted by atomic mass is 35.5. The van der Waals surface area contributed by atoms with Gasteiger partial charge in [0.2, 0.25) is 0 Å². The summed E-state index contributed by atoms with van der Waals surface area (Å²) in [4.78, 5) is 6.65. The van der Waals surface area contributed by atoms with Gasteiger partial charge in [-0.25, -0.2) is 0 Å². The van der Waals surface area contributed by atoms with E-state index in [9.17, 15) is 0 Å². The normalized spacial score (nSPS) is 18.5. The molecule has 4 nitrogen and oxygen atoms in total. The molecule has 0 unspecified atom stereocenters. The Morgan fingerprint density at radius 1 is 0.879 bits per heavy atom. The van der Waals surface area contributed by atoms with E-state index >= 15 is 0 Å². The van der Waals surface area contributed by atoms with Gasteiger partial charge in [0.1, 0.15) is 0 Å². The number of rotatable bonds is 6. The van der Waals surface area contributed by atoms with Crippen molar-refractivity contribution < 1.29 is 0 Å². The number of nitrogens with one attached hydrogen (secondary N) is 2. The Balaban J connectivity index is 1.20. The van der Waals surface area contributed by atoms with Crippen LogP contribution in [0.15, 0.2) is 66.9 Å². The van der Waals surface area contributed by atoms with Gasteiger partial charge in [0.05, 0.1) is 5.52 Å². The van der Waals surface area contributed by atoms with E-state index in [0.29, 0.717) is 12.1 Å². The molecule has 1 heterocycles. The maximum Gasteiger partial charge on any atom is 0.0737 e. The van der Waals surface area contributed by atoms with Crippen molar-refractivity contribution in [2.75, 3.05) is 24.3 Å². The van der Waals surface area contributed by atoms with E-state index in [2.05, 4.69) is 83.1 Å². The minimum atomic E-state index is 0.490. The van der Waals surface area contributed by atoms with Gasteiger partial charge in [-0.1, -0.05) is 41.9 Å². The molecule has 5 heteroatoms. The number of nitrogens with zero attached hydrogens (tertiary/aromatic N) is 2. The molecule has 1 aliphatic rings. The van der Waals surface area contributed by atoms with Crippen LogP contribution in [0.4, 0.5) is 11.4 Å². The molecule has 0 spiro atoms. The Morgan fingerprint density at radius 3 is 2.42 bits per heavy atom. The van der Waals surface area contributed by atoms with Crippen LogP contribution in [0.1, 0.15) is 31.2 Å². The molecule has 1 aromatic heterocycles. The van der Waals surface area contributed by atoms with E-state index in [4.69, 9.17) is 11.6 Å². The lowest BCUT2D eigenvalue weighted by molar-refractivity contribution is 0.353. The SMILES string of the molecule is CN(C)c1ccc(CNC2CCC(Nc3ccnc4cc(Cl)ccc34)CC2)c2ccccc12. The zero-order chi connectivity index (χ0) is 22.8. The number of fused-ring (bicyclic) bond motifs is 2. The summed E-state index contributed by atoms with van der Waals surface area (Å²) in [6.45, 7) is 0.909. The molecule has 2 N–H and O–H groups in total. The van der Waals surface area contributed by atoms with Gasteiger partial charge in [-0.15, -0.1) is 0 Å². The maximum absolute atomic E-state index is 6.14. The molecule has 0 bridgehead atoms. The lowest BCUT2D eigenvalue weighted by Crippen LogP contribution is -2.36. The lowest BCUT2D eigenvalue weighted by Gasteiger charge is -2.31. The minimum absolute atomic E-state index is 0.490. The van der Waals surface area contributed by atoms with Crippen LogP contribution in [0.5, 0.6) is 0 Å². The minimum Gasteiger partial charge on any atom is -0.382 e.